The molecule has 4 rings (SSSR count). The van der Waals surface area contributed by atoms with Gasteiger partial charge in [-0.15, -0.1) is 5.10 Å². The highest BCUT2D eigenvalue weighted by molar-refractivity contribution is 5.92. The summed E-state index contributed by atoms with van der Waals surface area (Å²) in [6, 6.07) is 10.1. The molecule has 0 unspecified atom stereocenters. The van der Waals surface area contributed by atoms with E-state index in [4.69, 9.17) is 4.74 Å². The Bertz CT molecular complexity index is 879. The number of pyridine rings is 1. The topological polar surface area (TPSA) is 63.7 Å². The van der Waals surface area contributed by atoms with Gasteiger partial charge in [0, 0.05) is 30.7 Å². The highest BCUT2D eigenvalue weighted by Crippen LogP contribution is 2.23. The largest absolute Gasteiger partial charge is 0.381 e. The predicted molar refractivity (Wildman–Crippen MR) is 87.5 cm³/mol. The van der Waals surface area contributed by atoms with Gasteiger partial charge >= 0.3 is 0 Å². The Kier molecular flexibility index (Phi) is 3.75. The van der Waals surface area contributed by atoms with E-state index in [1.165, 1.54) is 0 Å². The van der Waals surface area contributed by atoms with Crippen molar-refractivity contribution in [1.29, 1.82) is 0 Å². The average Bonchev–Trinajstić information content (AvgIpc) is 3.09. The van der Waals surface area contributed by atoms with Crippen LogP contribution in [0.1, 0.15) is 18.7 Å². The molecule has 2 aromatic heterocycles. The molecular weight excluding hydrogens is 288 g/mol. The Balaban J connectivity index is 1.63. The number of rotatable bonds is 1. The molecule has 0 radical (unpaired) electrons. The van der Waals surface area contributed by atoms with Crippen LogP contribution >= 0.6 is 0 Å². The fraction of sp³-hybridized carbons (Fsp3) is 0.278. The van der Waals surface area contributed by atoms with E-state index in [0.717, 1.165) is 42.5 Å². The molecular formula is C18H16N4O. The lowest BCUT2D eigenvalue weighted by Gasteiger charge is -2.16. The lowest BCUT2D eigenvalue weighted by Crippen LogP contribution is -2.13. The minimum absolute atomic E-state index is 0.376. The van der Waals surface area contributed by atoms with Crippen LogP contribution in [0.3, 0.4) is 0 Å². The standard InChI is InChI=1S/C18H16N4O/c1-2-4-15-14(3-1)7-10-19-17(15)18-20-16(21-22-18)6-5-13-8-11-23-12-9-13/h1-4,7,10,13H,8-9,11-12H2,(H,20,21,22). The van der Waals surface area contributed by atoms with Crippen molar-refractivity contribution in [2.75, 3.05) is 13.2 Å². The van der Waals surface area contributed by atoms with Crippen LogP contribution in [-0.4, -0.2) is 33.4 Å². The van der Waals surface area contributed by atoms with E-state index in [0.29, 0.717) is 17.6 Å². The summed E-state index contributed by atoms with van der Waals surface area (Å²) in [5.74, 6) is 7.85. The quantitative estimate of drug-likeness (QED) is 0.702. The van der Waals surface area contributed by atoms with Crippen molar-refractivity contribution >= 4 is 10.8 Å². The number of benzene rings is 1. The Morgan fingerprint density at radius 3 is 2.91 bits per heavy atom. The first kappa shape index (κ1) is 13.9. The zero-order valence-corrected chi connectivity index (χ0v) is 12.6. The fourth-order valence-corrected chi connectivity index (χ4v) is 2.74. The molecule has 0 saturated carbocycles. The molecule has 5 heteroatoms. The number of hydrogen-bond donors (Lipinski definition) is 1. The van der Waals surface area contributed by atoms with Crippen molar-refractivity contribution < 1.29 is 4.74 Å². The monoisotopic (exact) mass is 304 g/mol. The van der Waals surface area contributed by atoms with Crippen molar-refractivity contribution in [2.45, 2.75) is 12.8 Å². The summed E-state index contributed by atoms with van der Waals surface area (Å²) in [4.78, 5) is 8.92. The summed E-state index contributed by atoms with van der Waals surface area (Å²) < 4.78 is 5.34. The van der Waals surface area contributed by atoms with Gasteiger partial charge in [0.25, 0.3) is 0 Å². The van der Waals surface area contributed by atoms with E-state index in [-0.39, 0.29) is 0 Å². The number of ether oxygens (including phenoxy) is 1. The Hall–Kier alpha value is -2.71. The Morgan fingerprint density at radius 1 is 1.13 bits per heavy atom. The third kappa shape index (κ3) is 2.94. The number of fused-ring (bicyclic) bond motifs is 1. The lowest BCUT2D eigenvalue weighted by molar-refractivity contribution is 0.0807. The summed E-state index contributed by atoms with van der Waals surface area (Å²) in [5, 5.41) is 9.33. The van der Waals surface area contributed by atoms with Gasteiger partial charge in [-0.3, -0.25) is 10.1 Å². The van der Waals surface area contributed by atoms with Gasteiger partial charge in [0.15, 0.2) is 5.82 Å². The summed E-state index contributed by atoms with van der Waals surface area (Å²) in [7, 11) is 0. The van der Waals surface area contributed by atoms with Gasteiger partial charge in [-0.1, -0.05) is 30.2 Å². The molecule has 1 N–H and O–H groups in total. The molecule has 1 saturated heterocycles. The van der Waals surface area contributed by atoms with Crippen LogP contribution in [0.5, 0.6) is 0 Å². The summed E-state index contributed by atoms with van der Waals surface area (Å²) >= 11 is 0. The number of hydrogen-bond acceptors (Lipinski definition) is 4. The van der Waals surface area contributed by atoms with Crippen LogP contribution in [-0.2, 0) is 4.74 Å². The molecule has 3 aromatic rings. The van der Waals surface area contributed by atoms with E-state index < -0.39 is 0 Å². The maximum Gasteiger partial charge on any atom is 0.225 e. The van der Waals surface area contributed by atoms with Crippen molar-refractivity contribution in [3.8, 4) is 23.4 Å². The minimum Gasteiger partial charge on any atom is -0.381 e. The average molecular weight is 304 g/mol. The van der Waals surface area contributed by atoms with Crippen LogP contribution in [0.2, 0.25) is 0 Å². The van der Waals surface area contributed by atoms with Crippen molar-refractivity contribution in [1.82, 2.24) is 20.2 Å². The second-order valence-corrected chi connectivity index (χ2v) is 5.54. The van der Waals surface area contributed by atoms with Crippen LogP contribution < -0.4 is 0 Å². The zero-order chi connectivity index (χ0) is 15.5. The molecule has 0 spiro atoms. The molecule has 1 aliphatic rings. The first-order valence-corrected chi connectivity index (χ1v) is 7.76. The van der Waals surface area contributed by atoms with Crippen LogP contribution in [0, 0.1) is 17.8 Å². The number of nitrogens with one attached hydrogen (secondary N) is 1. The van der Waals surface area contributed by atoms with Gasteiger partial charge < -0.3 is 4.74 Å². The lowest BCUT2D eigenvalue weighted by atomic mass is 10.0. The predicted octanol–water partition coefficient (Wildman–Crippen LogP) is 2.80. The normalized spacial score (nSPS) is 15.3. The second-order valence-electron chi connectivity index (χ2n) is 5.54. The van der Waals surface area contributed by atoms with Crippen molar-refractivity contribution in [3.63, 3.8) is 0 Å². The fourth-order valence-electron chi connectivity index (χ4n) is 2.74. The third-order valence-electron chi connectivity index (χ3n) is 3.99. The van der Waals surface area contributed by atoms with Gasteiger partial charge in [-0.25, -0.2) is 0 Å². The van der Waals surface area contributed by atoms with E-state index in [2.05, 4.69) is 38.1 Å². The molecule has 23 heavy (non-hydrogen) atoms. The van der Waals surface area contributed by atoms with Crippen LogP contribution in [0.15, 0.2) is 36.5 Å². The van der Waals surface area contributed by atoms with Gasteiger partial charge in [-0.05, 0) is 30.2 Å². The number of aromatic nitrogens is 4. The highest BCUT2D eigenvalue weighted by Gasteiger charge is 2.12. The Labute approximate surface area is 134 Å². The molecule has 0 atom stereocenters. The van der Waals surface area contributed by atoms with Crippen LogP contribution in [0.4, 0.5) is 0 Å². The zero-order valence-electron chi connectivity index (χ0n) is 12.6. The molecule has 5 nitrogen and oxygen atoms in total. The molecule has 0 bridgehead atoms. The van der Waals surface area contributed by atoms with E-state index in [1.54, 1.807) is 6.20 Å². The summed E-state index contributed by atoms with van der Waals surface area (Å²) in [6.45, 7) is 1.58. The third-order valence-corrected chi connectivity index (χ3v) is 3.99. The molecule has 1 aromatic carbocycles. The number of H-pyrrole nitrogens is 1. The first-order valence-electron chi connectivity index (χ1n) is 7.76. The van der Waals surface area contributed by atoms with E-state index in [9.17, 15) is 0 Å². The minimum atomic E-state index is 0.376. The van der Waals surface area contributed by atoms with Gasteiger partial charge in [0.1, 0.15) is 5.69 Å². The summed E-state index contributed by atoms with van der Waals surface area (Å²) in [5.41, 5.74) is 0.801. The maximum atomic E-state index is 5.34. The molecule has 3 heterocycles. The molecule has 1 fully saturated rings. The SMILES string of the molecule is C(#CC1CCOCC1)c1n[nH]c(-c2nccc3ccccc23)n1. The van der Waals surface area contributed by atoms with Gasteiger partial charge in [-0.2, -0.15) is 4.98 Å². The second kappa shape index (κ2) is 6.19. The Morgan fingerprint density at radius 2 is 2.00 bits per heavy atom. The summed E-state index contributed by atoms with van der Waals surface area (Å²) in [6.07, 6.45) is 3.75. The smallest absolute Gasteiger partial charge is 0.225 e. The van der Waals surface area contributed by atoms with Crippen LogP contribution in [0.25, 0.3) is 22.3 Å². The van der Waals surface area contributed by atoms with Gasteiger partial charge in [0.05, 0.1) is 0 Å². The van der Waals surface area contributed by atoms with E-state index in [1.807, 2.05) is 24.3 Å². The molecule has 0 amide bonds. The molecule has 1 aliphatic heterocycles. The van der Waals surface area contributed by atoms with Gasteiger partial charge in [0.2, 0.25) is 5.82 Å². The first-order chi connectivity index (χ1) is 11.4. The number of nitrogens with zero attached hydrogens (tertiary/aromatic N) is 3. The highest BCUT2D eigenvalue weighted by atomic mass is 16.5. The van der Waals surface area contributed by atoms with Crippen molar-refractivity contribution in [2.24, 2.45) is 5.92 Å². The number of aromatic amines is 1. The molecule has 0 aliphatic carbocycles. The molecule has 114 valence electrons. The van der Waals surface area contributed by atoms with E-state index >= 15 is 0 Å². The van der Waals surface area contributed by atoms with Crippen molar-refractivity contribution in [3.05, 3.63) is 42.4 Å². The maximum absolute atomic E-state index is 5.34.